The van der Waals surface area contributed by atoms with E-state index in [0.29, 0.717) is 6.42 Å². The summed E-state index contributed by atoms with van der Waals surface area (Å²) >= 11 is 13.3. The van der Waals surface area contributed by atoms with Gasteiger partial charge in [0.1, 0.15) is 0 Å². The summed E-state index contributed by atoms with van der Waals surface area (Å²) in [6.45, 7) is 0. The van der Waals surface area contributed by atoms with E-state index >= 15 is 0 Å². The van der Waals surface area contributed by atoms with Crippen LogP contribution in [0, 0.1) is 0 Å². The Morgan fingerprint density at radius 1 is 1.25 bits per heavy atom. The molecule has 2 aromatic rings. The first-order chi connectivity index (χ1) is 7.56. The molecule has 2 aromatic heterocycles. The summed E-state index contributed by atoms with van der Waals surface area (Å²) < 4.78 is 2.89. The quantitative estimate of drug-likeness (QED) is 0.569. The third-order valence-corrected chi connectivity index (χ3v) is 5.95. The minimum atomic E-state index is 0.142. The molecule has 84 valence electrons. The molecule has 0 aliphatic heterocycles. The van der Waals surface area contributed by atoms with Crippen molar-refractivity contribution in [3.05, 3.63) is 40.0 Å². The normalized spacial score (nSPS) is 10.7. The number of halogens is 3. The van der Waals surface area contributed by atoms with E-state index in [4.69, 9.17) is 0 Å². The Morgan fingerprint density at radius 2 is 2.00 bits per heavy atom. The van der Waals surface area contributed by atoms with Crippen molar-refractivity contribution in [1.29, 1.82) is 0 Å². The monoisotopic (exact) mass is 442 g/mol. The van der Waals surface area contributed by atoms with Gasteiger partial charge in [0.25, 0.3) is 0 Å². The van der Waals surface area contributed by atoms with Crippen LogP contribution in [0.3, 0.4) is 0 Å². The molecule has 2 rings (SSSR count). The van der Waals surface area contributed by atoms with Gasteiger partial charge in [-0.05, 0) is 59.9 Å². The Labute approximate surface area is 126 Å². The Balaban J connectivity index is 2.17. The molecule has 0 bridgehead atoms. The predicted molar refractivity (Wildman–Crippen MR) is 79.8 cm³/mol. The lowest BCUT2D eigenvalue weighted by molar-refractivity contribution is 0.0993. The largest absolute Gasteiger partial charge is 0.294 e. The minimum absolute atomic E-state index is 0.142. The van der Waals surface area contributed by atoms with Crippen molar-refractivity contribution in [2.24, 2.45) is 0 Å². The van der Waals surface area contributed by atoms with E-state index in [-0.39, 0.29) is 5.78 Å². The van der Waals surface area contributed by atoms with E-state index < -0.39 is 0 Å². The second kappa shape index (κ2) is 5.44. The zero-order valence-electron chi connectivity index (χ0n) is 7.80. The van der Waals surface area contributed by atoms with Crippen LogP contribution < -0.4 is 0 Å². The molecule has 2 heterocycles. The topological polar surface area (TPSA) is 17.1 Å². The second-order valence-corrected chi connectivity index (χ2v) is 8.73. The standard InChI is InChI=1S/C10H5Br3OS2/c11-5-1-6(15-4-5)2-8(14)7-3-9(12)16-10(7)13/h1,3-4H,2H2. The molecule has 0 unspecified atom stereocenters. The maximum absolute atomic E-state index is 12.0. The average molecular weight is 445 g/mol. The molecular weight excluding hydrogens is 440 g/mol. The van der Waals surface area contributed by atoms with Crippen LogP contribution in [0.25, 0.3) is 0 Å². The van der Waals surface area contributed by atoms with E-state index in [1.54, 1.807) is 11.3 Å². The highest BCUT2D eigenvalue weighted by Crippen LogP contribution is 2.33. The van der Waals surface area contributed by atoms with E-state index in [9.17, 15) is 4.79 Å². The lowest BCUT2D eigenvalue weighted by atomic mass is 10.1. The summed E-state index contributed by atoms with van der Waals surface area (Å²) in [6.07, 6.45) is 0.456. The van der Waals surface area contributed by atoms with Crippen molar-refractivity contribution in [1.82, 2.24) is 0 Å². The van der Waals surface area contributed by atoms with Gasteiger partial charge >= 0.3 is 0 Å². The van der Waals surface area contributed by atoms with Crippen LogP contribution in [0.4, 0.5) is 0 Å². The summed E-state index contributed by atoms with van der Waals surface area (Å²) in [4.78, 5) is 13.1. The van der Waals surface area contributed by atoms with Crippen molar-refractivity contribution in [3.63, 3.8) is 0 Å². The highest BCUT2D eigenvalue weighted by atomic mass is 79.9. The van der Waals surface area contributed by atoms with Gasteiger partial charge in [0, 0.05) is 26.7 Å². The van der Waals surface area contributed by atoms with E-state index in [1.807, 2.05) is 17.5 Å². The Hall–Kier alpha value is 0.510. The zero-order valence-corrected chi connectivity index (χ0v) is 14.2. The molecular formula is C10H5Br3OS2. The second-order valence-electron chi connectivity index (χ2n) is 3.07. The molecule has 0 aliphatic carbocycles. The van der Waals surface area contributed by atoms with Gasteiger partial charge in [-0.2, -0.15) is 0 Å². The summed E-state index contributed by atoms with van der Waals surface area (Å²) in [6, 6.07) is 3.84. The number of carbonyl (C=O) groups excluding carboxylic acids is 1. The van der Waals surface area contributed by atoms with Crippen LogP contribution in [0.5, 0.6) is 0 Å². The minimum Gasteiger partial charge on any atom is -0.294 e. The van der Waals surface area contributed by atoms with Crippen molar-refractivity contribution in [2.75, 3.05) is 0 Å². The molecule has 1 nitrogen and oxygen atoms in total. The van der Waals surface area contributed by atoms with Gasteiger partial charge in [-0.3, -0.25) is 4.79 Å². The van der Waals surface area contributed by atoms with Crippen LogP contribution in [0.1, 0.15) is 15.2 Å². The van der Waals surface area contributed by atoms with E-state index in [0.717, 1.165) is 22.5 Å². The number of Topliss-reactive ketones (excluding diaryl/α,β-unsaturated/α-hetero) is 1. The SMILES string of the molecule is O=C(Cc1cc(Br)cs1)c1cc(Br)sc1Br. The molecule has 0 radical (unpaired) electrons. The zero-order chi connectivity index (χ0) is 11.7. The fourth-order valence-electron chi connectivity index (χ4n) is 1.23. The van der Waals surface area contributed by atoms with Gasteiger partial charge in [0.05, 0.1) is 7.57 Å². The fraction of sp³-hybridized carbons (Fsp3) is 0.100. The summed E-state index contributed by atoms with van der Waals surface area (Å²) in [5.41, 5.74) is 0.751. The van der Waals surface area contributed by atoms with Gasteiger partial charge in [-0.1, -0.05) is 0 Å². The van der Waals surface area contributed by atoms with Crippen molar-refractivity contribution >= 4 is 76.2 Å². The van der Waals surface area contributed by atoms with E-state index in [2.05, 4.69) is 47.8 Å². The maximum atomic E-state index is 12.0. The number of thiophene rings is 2. The predicted octanol–water partition coefficient (Wildman–Crippen LogP) is 5.52. The summed E-state index contributed by atoms with van der Waals surface area (Å²) in [5.74, 6) is 0.142. The number of hydrogen-bond acceptors (Lipinski definition) is 3. The number of carbonyl (C=O) groups is 1. The molecule has 0 aliphatic rings. The van der Waals surface area contributed by atoms with Gasteiger partial charge in [0.2, 0.25) is 0 Å². The molecule has 0 saturated carbocycles. The van der Waals surface area contributed by atoms with Crippen molar-refractivity contribution in [3.8, 4) is 0 Å². The van der Waals surface area contributed by atoms with Crippen molar-refractivity contribution < 1.29 is 4.79 Å². The lowest BCUT2D eigenvalue weighted by Gasteiger charge is -1.96. The number of ketones is 1. The van der Waals surface area contributed by atoms with Gasteiger partial charge in [-0.15, -0.1) is 22.7 Å². The van der Waals surface area contributed by atoms with Gasteiger partial charge in [0.15, 0.2) is 5.78 Å². The van der Waals surface area contributed by atoms with E-state index in [1.165, 1.54) is 11.3 Å². The van der Waals surface area contributed by atoms with Crippen LogP contribution in [0.2, 0.25) is 0 Å². The smallest absolute Gasteiger partial charge is 0.170 e. The van der Waals surface area contributed by atoms with Crippen LogP contribution in [-0.4, -0.2) is 5.78 Å². The summed E-state index contributed by atoms with van der Waals surface area (Å²) in [7, 11) is 0. The molecule has 0 saturated heterocycles. The third kappa shape index (κ3) is 3.04. The lowest BCUT2D eigenvalue weighted by Crippen LogP contribution is -2.00. The molecule has 0 atom stereocenters. The van der Waals surface area contributed by atoms with Crippen LogP contribution >= 0.6 is 70.5 Å². The Morgan fingerprint density at radius 3 is 2.50 bits per heavy atom. The fourth-order valence-corrected chi connectivity index (χ4v) is 5.54. The molecule has 0 spiro atoms. The molecule has 0 amide bonds. The highest BCUT2D eigenvalue weighted by Gasteiger charge is 2.14. The van der Waals surface area contributed by atoms with Crippen LogP contribution in [-0.2, 0) is 6.42 Å². The average Bonchev–Trinajstić information content (AvgIpc) is 2.73. The first kappa shape index (κ1) is 13.0. The van der Waals surface area contributed by atoms with Crippen molar-refractivity contribution in [2.45, 2.75) is 6.42 Å². The number of hydrogen-bond donors (Lipinski definition) is 0. The molecule has 0 N–H and O–H groups in total. The molecule has 16 heavy (non-hydrogen) atoms. The first-order valence-electron chi connectivity index (χ1n) is 4.27. The highest BCUT2D eigenvalue weighted by molar-refractivity contribution is 9.12. The first-order valence-corrected chi connectivity index (χ1v) is 8.34. The molecule has 0 aromatic carbocycles. The van der Waals surface area contributed by atoms with Gasteiger partial charge in [-0.25, -0.2) is 0 Å². The third-order valence-electron chi connectivity index (χ3n) is 1.91. The maximum Gasteiger partial charge on any atom is 0.170 e. The molecule has 6 heteroatoms. The van der Waals surface area contributed by atoms with Gasteiger partial charge < -0.3 is 0 Å². The molecule has 0 fully saturated rings. The summed E-state index contributed by atoms with van der Waals surface area (Å²) in [5, 5.41) is 1.99. The Bertz CT molecular complexity index is 530. The Kier molecular flexibility index (Phi) is 4.40. The number of rotatable bonds is 3. The van der Waals surface area contributed by atoms with Crippen LogP contribution in [0.15, 0.2) is 29.6 Å².